The molecule has 1 aliphatic carbocycles. The molecule has 0 saturated heterocycles. The topological polar surface area (TPSA) is 46.6 Å². The molecule has 181 valence electrons. The predicted molar refractivity (Wildman–Crippen MR) is 134 cm³/mol. The number of anilines is 2. The number of rotatable bonds is 1. The standard InChI is InChI=1S/C23H26N3.C5H8O2.Ir/c1-22(2)12-13-23(3,4)19-15(22)10-11-18-21(19)25(6)17-9-7-8-16-20(17)26(18)14-24(16)5;1-4(6)3-5(2)7;/h7-10H,12-13H2,1-6H3;3,6H,1-2H3;/q+1;;/b;4-3-;. The van der Waals surface area contributed by atoms with Gasteiger partial charge in [-0.3, -0.25) is 4.79 Å². The van der Waals surface area contributed by atoms with Gasteiger partial charge in [-0.25, -0.2) is 0 Å². The van der Waals surface area contributed by atoms with Crippen molar-refractivity contribution < 1.29 is 34.6 Å². The minimum absolute atomic E-state index is 0. The zero-order valence-electron chi connectivity index (χ0n) is 21.3. The Balaban J connectivity index is 0.000000357. The van der Waals surface area contributed by atoms with Crippen molar-refractivity contribution in [1.82, 2.24) is 4.58 Å². The van der Waals surface area contributed by atoms with Crippen LogP contribution in [0.15, 0.2) is 36.1 Å². The molecule has 0 aromatic heterocycles. The second-order valence-electron chi connectivity index (χ2n) is 10.6. The number of ketones is 1. The molecule has 0 unspecified atom stereocenters. The number of carbonyl (C=O) groups is 1. The molecule has 34 heavy (non-hydrogen) atoms. The zero-order chi connectivity index (χ0) is 24.3. The number of aliphatic hydroxyl groups excluding tert-OH is 1. The number of aliphatic hydroxyl groups is 1. The van der Waals surface area contributed by atoms with Gasteiger partial charge >= 0.3 is 11.7 Å². The molecule has 2 heterocycles. The number of para-hydroxylation sites is 1. The van der Waals surface area contributed by atoms with Crippen molar-refractivity contribution in [2.45, 2.75) is 65.2 Å². The average Bonchev–Trinajstić information content (AvgIpc) is 3.06. The summed E-state index contributed by atoms with van der Waals surface area (Å²) in [5, 5.41) is 8.36. The van der Waals surface area contributed by atoms with Crippen LogP contribution in [0.3, 0.4) is 0 Å². The molecule has 0 atom stereocenters. The van der Waals surface area contributed by atoms with Crippen LogP contribution in [0.2, 0.25) is 0 Å². The molecule has 1 N–H and O–H groups in total. The van der Waals surface area contributed by atoms with Crippen LogP contribution in [0.5, 0.6) is 0 Å². The van der Waals surface area contributed by atoms with Crippen molar-refractivity contribution in [2.75, 3.05) is 19.0 Å². The van der Waals surface area contributed by atoms with Crippen molar-refractivity contribution in [3.05, 3.63) is 53.3 Å². The van der Waals surface area contributed by atoms with Gasteiger partial charge in [-0.15, -0.1) is 17.2 Å². The summed E-state index contributed by atoms with van der Waals surface area (Å²) >= 11 is 0. The fourth-order valence-electron chi connectivity index (χ4n) is 5.25. The fourth-order valence-corrected chi connectivity index (χ4v) is 5.25. The molecule has 6 heteroatoms. The van der Waals surface area contributed by atoms with Crippen molar-refractivity contribution in [3.8, 4) is 0 Å². The van der Waals surface area contributed by atoms with E-state index >= 15 is 0 Å². The van der Waals surface area contributed by atoms with Crippen molar-refractivity contribution in [3.63, 3.8) is 0 Å². The molecule has 0 fully saturated rings. The quantitative estimate of drug-likeness (QED) is 0.174. The third-order valence-electron chi connectivity index (χ3n) is 7.03. The molecular formula is C28H34IrN3O2+. The smallest absolute Gasteiger partial charge is 0.494 e. The van der Waals surface area contributed by atoms with Gasteiger partial charge in [0.15, 0.2) is 12.8 Å². The van der Waals surface area contributed by atoms with E-state index in [0.717, 1.165) is 5.69 Å². The molecule has 2 aromatic rings. The molecular weight excluding hydrogens is 603 g/mol. The van der Waals surface area contributed by atoms with Gasteiger partial charge < -0.3 is 10.0 Å². The first kappa shape index (κ1) is 26.1. The number of hydrogen-bond donors (Lipinski definition) is 1. The monoisotopic (exact) mass is 637 g/mol. The second kappa shape index (κ2) is 8.92. The van der Waals surface area contributed by atoms with E-state index in [4.69, 9.17) is 5.11 Å². The Bertz CT molecular complexity index is 1280. The Hall–Kier alpha value is -2.52. The molecule has 5 nitrogen and oxygen atoms in total. The van der Waals surface area contributed by atoms with Crippen LogP contribution in [-0.4, -0.2) is 35.6 Å². The summed E-state index contributed by atoms with van der Waals surface area (Å²) in [6.45, 7) is 12.4. The van der Waals surface area contributed by atoms with E-state index in [1.807, 2.05) is 0 Å². The summed E-state index contributed by atoms with van der Waals surface area (Å²) in [7, 11) is 4.27. The van der Waals surface area contributed by atoms with Gasteiger partial charge in [-0.1, -0.05) is 54.7 Å². The second-order valence-corrected chi connectivity index (χ2v) is 10.6. The van der Waals surface area contributed by atoms with E-state index in [1.54, 1.807) is 0 Å². The Morgan fingerprint density at radius 3 is 2.41 bits per heavy atom. The molecule has 3 aliphatic rings. The Kier molecular flexibility index (Phi) is 6.85. The maximum absolute atomic E-state index is 10.0. The van der Waals surface area contributed by atoms with E-state index in [1.165, 1.54) is 66.6 Å². The van der Waals surface area contributed by atoms with Crippen LogP contribution in [0.1, 0.15) is 65.5 Å². The van der Waals surface area contributed by atoms with Crippen molar-refractivity contribution in [2.24, 2.45) is 0 Å². The molecule has 0 bridgehead atoms. The fraction of sp³-hybridized carbons (Fsp3) is 0.429. The minimum Gasteiger partial charge on any atom is -0.512 e. The summed E-state index contributed by atoms with van der Waals surface area (Å²) in [4.78, 5) is 12.4. The van der Waals surface area contributed by atoms with E-state index in [0.29, 0.717) is 0 Å². The SMILES string of the molecule is CC(=O)/C=C(/C)O.CN1c2cccc3c2[N+](=C=[N+]3C)c2[c-]cc3c(c21)C(C)(C)CCC3(C)C.[Ir]. The Labute approximate surface area is 216 Å². The summed E-state index contributed by atoms with van der Waals surface area (Å²) in [6.07, 6.45) is 3.59. The molecule has 1 radical (unpaired) electrons. The van der Waals surface area contributed by atoms with Crippen molar-refractivity contribution >= 4 is 40.2 Å². The van der Waals surface area contributed by atoms with Crippen LogP contribution in [-0.2, 0) is 35.7 Å². The van der Waals surface area contributed by atoms with Crippen LogP contribution in [0, 0.1) is 6.07 Å². The van der Waals surface area contributed by atoms with E-state index in [-0.39, 0.29) is 42.5 Å². The number of carbonyl (C=O) groups excluding carboxylic acids is 1. The summed E-state index contributed by atoms with van der Waals surface area (Å²) in [5.41, 5.74) is 9.36. The van der Waals surface area contributed by atoms with E-state index in [9.17, 15) is 4.79 Å². The van der Waals surface area contributed by atoms with Gasteiger partial charge in [-0.2, -0.15) is 6.07 Å². The average molecular weight is 637 g/mol. The number of fused-ring (bicyclic) bond motifs is 4. The van der Waals surface area contributed by atoms with Crippen LogP contribution < -0.4 is 9.48 Å². The minimum atomic E-state index is -0.125. The van der Waals surface area contributed by atoms with Crippen LogP contribution >= 0.6 is 0 Å². The van der Waals surface area contributed by atoms with E-state index < -0.39 is 0 Å². The van der Waals surface area contributed by atoms with Gasteiger partial charge in [0.25, 0.3) is 5.69 Å². The third-order valence-corrected chi connectivity index (χ3v) is 7.03. The largest absolute Gasteiger partial charge is 0.512 e. The molecule has 2 aromatic carbocycles. The third kappa shape index (κ3) is 4.20. The molecule has 5 rings (SSSR count). The van der Waals surface area contributed by atoms with Crippen LogP contribution in [0.25, 0.3) is 0 Å². The number of allylic oxidation sites excluding steroid dienone is 2. The Morgan fingerprint density at radius 2 is 1.82 bits per heavy atom. The van der Waals surface area contributed by atoms with E-state index in [2.05, 4.69) is 92.2 Å². The normalized spacial score (nSPS) is 18.2. The maximum Gasteiger partial charge on any atom is 0.494 e. The zero-order valence-corrected chi connectivity index (χ0v) is 23.7. The summed E-state index contributed by atoms with van der Waals surface area (Å²) < 4.78 is 4.29. The first-order valence-electron chi connectivity index (χ1n) is 11.5. The van der Waals surface area contributed by atoms with Gasteiger partial charge in [0.2, 0.25) is 0 Å². The van der Waals surface area contributed by atoms with Gasteiger partial charge in [0, 0.05) is 37.9 Å². The molecule has 0 saturated carbocycles. The Morgan fingerprint density at radius 1 is 1.18 bits per heavy atom. The predicted octanol–water partition coefficient (Wildman–Crippen LogP) is 6.25. The number of hydrogen-bond acceptors (Lipinski definition) is 3. The number of nitrogens with zero attached hydrogens (tertiary/aromatic N) is 3. The maximum atomic E-state index is 10.0. The first-order valence-corrected chi connectivity index (χ1v) is 11.5. The van der Waals surface area contributed by atoms with Crippen LogP contribution in [0.4, 0.5) is 28.4 Å². The van der Waals surface area contributed by atoms with Gasteiger partial charge in [-0.05, 0) is 38.8 Å². The number of benzene rings is 2. The van der Waals surface area contributed by atoms with Gasteiger partial charge in [0.1, 0.15) is 11.4 Å². The summed E-state index contributed by atoms with van der Waals surface area (Å²) in [5.74, 6) is -0.0625. The molecule has 2 aliphatic heterocycles. The molecule has 0 amide bonds. The summed E-state index contributed by atoms with van der Waals surface area (Å²) in [6, 6.07) is 15.9. The van der Waals surface area contributed by atoms with Crippen molar-refractivity contribution in [1.29, 1.82) is 0 Å². The molecule has 0 spiro atoms. The van der Waals surface area contributed by atoms with Gasteiger partial charge in [0.05, 0.1) is 5.76 Å². The first-order chi connectivity index (χ1) is 15.3.